The van der Waals surface area contributed by atoms with Crippen LogP contribution in [0.1, 0.15) is 63.0 Å². The van der Waals surface area contributed by atoms with Gasteiger partial charge in [0.1, 0.15) is 5.75 Å². The monoisotopic (exact) mass is 449 g/mol. The molecule has 0 saturated heterocycles. The van der Waals surface area contributed by atoms with Crippen molar-refractivity contribution in [3.8, 4) is 5.75 Å². The number of hydrogen-bond acceptors (Lipinski definition) is 6. The van der Waals surface area contributed by atoms with Crippen molar-refractivity contribution >= 4 is 5.97 Å². The molecule has 1 saturated carbocycles. The lowest BCUT2D eigenvalue weighted by Crippen LogP contribution is -2.28. The van der Waals surface area contributed by atoms with Gasteiger partial charge in [-0.05, 0) is 73.5 Å². The first-order valence-corrected chi connectivity index (χ1v) is 12.1. The van der Waals surface area contributed by atoms with Crippen LogP contribution in [0.15, 0.2) is 18.2 Å². The third-order valence-corrected chi connectivity index (χ3v) is 7.05. The van der Waals surface area contributed by atoms with Crippen LogP contribution in [0.4, 0.5) is 0 Å². The Morgan fingerprint density at radius 1 is 1.25 bits per heavy atom. The average Bonchev–Trinajstić information content (AvgIpc) is 3.08. The first-order chi connectivity index (χ1) is 15.5. The molecule has 0 radical (unpaired) electrons. The van der Waals surface area contributed by atoms with E-state index in [1.807, 2.05) is 12.1 Å². The molecule has 2 aliphatic rings. The molecular formula is C25H39NO6. The Labute approximate surface area is 191 Å². The minimum Gasteiger partial charge on any atom is -0.482 e. The highest BCUT2D eigenvalue weighted by Gasteiger charge is 2.45. The molecule has 0 bridgehead atoms. The predicted octanol–water partition coefficient (Wildman–Crippen LogP) is 3.50. The molecule has 5 unspecified atom stereocenters. The van der Waals surface area contributed by atoms with E-state index in [1.54, 1.807) is 0 Å². The number of aliphatic hydroxyl groups excluding tert-OH is 1. The van der Waals surface area contributed by atoms with Crippen molar-refractivity contribution in [2.24, 2.45) is 23.5 Å². The fraction of sp³-hybridized carbons (Fsp3) is 0.720. The van der Waals surface area contributed by atoms with Crippen LogP contribution in [0.25, 0.3) is 0 Å². The maximum absolute atomic E-state index is 10.9. The number of benzene rings is 1. The van der Waals surface area contributed by atoms with Gasteiger partial charge in [-0.3, -0.25) is 0 Å². The van der Waals surface area contributed by atoms with E-state index in [-0.39, 0.29) is 24.7 Å². The Morgan fingerprint density at radius 2 is 2.09 bits per heavy atom. The van der Waals surface area contributed by atoms with E-state index < -0.39 is 5.97 Å². The summed E-state index contributed by atoms with van der Waals surface area (Å²) in [6.07, 6.45) is 8.43. The summed E-state index contributed by atoms with van der Waals surface area (Å²) in [4.78, 5) is 21.9. The lowest BCUT2D eigenvalue weighted by Gasteiger charge is -2.32. The second kappa shape index (κ2) is 12.5. The number of aliphatic carboxylic acids is 1. The van der Waals surface area contributed by atoms with E-state index in [4.69, 9.17) is 25.4 Å². The van der Waals surface area contributed by atoms with E-state index >= 15 is 0 Å². The highest BCUT2D eigenvalue weighted by molar-refractivity contribution is 5.68. The molecule has 4 N–H and O–H groups in total. The molecule has 7 nitrogen and oxygen atoms in total. The Hall–Kier alpha value is -1.67. The second-order valence-electron chi connectivity index (χ2n) is 9.28. The molecule has 180 valence electrons. The van der Waals surface area contributed by atoms with Gasteiger partial charge in [-0.1, -0.05) is 38.3 Å². The summed E-state index contributed by atoms with van der Waals surface area (Å²) >= 11 is 0. The lowest BCUT2D eigenvalue weighted by atomic mass is 9.73. The summed E-state index contributed by atoms with van der Waals surface area (Å²) in [6, 6.07) is 5.89. The van der Waals surface area contributed by atoms with Crippen molar-refractivity contribution in [2.75, 3.05) is 19.8 Å². The second-order valence-corrected chi connectivity index (χ2v) is 9.28. The lowest BCUT2D eigenvalue weighted by molar-refractivity contribution is -0.325. The highest BCUT2D eigenvalue weighted by atomic mass is 17.2. The molecule has 1 aromatic carbocycles. The maximum Gasteiger partial charge on any atom is 0.341 e. The number of hydrogen-bond donors (Lipinski definition) is 3. The SMILES string of the molecule is CCCCCC(CCC1C(O)CC2Cc3c(cccc3OCC(=O)O)CC21)OOCCN. The van der Waals surface area contributed by atoms with E-state index in [0.717, 1.165) is 50.5 Å². The first-order valence-electron chi connectivity index (χ1n) is 12.1. The number of aliphatic hydroxyl groups is 1. The van der Waals surface area contributed by atoms with Crippen LogP contribution in [0.5, 0.6) is 5.75 Å². The van der Waals surface area contributed by atoms with Gasteiger partial charge < -0.3 is 20.7 Å². The van der Waals surface area contributed by atoms with Gasteiger partial charge in [-0.25, -0.2) is 14.6 Å². The largest absolute Gasteiger partial charge is 0.482 e. The van der Waals surface area contributed by atoms with Crippen LogP contribution >= 0.6 is 0 Å². The minimum absolute atomic E-state index is 0.0336. The van der Waals surface area contributed by atoms with Crippen LogP contribution in [0.2, 0.25) is 0 Å². The van der Waals surface area contributed by atoms with Crippen molar-refractivity contribution in [1.82, 2.24) is 0 Å². The fourth-order valence-corrected chi connectivity index (χ4v) is 5.51. The van der Waals surface area contributed by atoms with Gasteiger partial charge in [0.05, 0.1) is 18.8 Å². The Bertz CT molecular complexity index is 716. The molecule has 0 amide bonds. The number of fused-ring (bicyclic) bond motifs is 2. The van der Waals surface area contributed by atoms with Crippen LogP contribution in [0, 0.1) is 17.8 Å². The van der Waals surface area contributed by atoms with Gasteiger partial charge in [0.25, 0.3) is 0 Å². The molecule has 7 heteroatoms. The van der Waals surface area contributed by atoms with Crippen LogP contribution in [-0.2, 0) is 27.4 Å². The zero-order chi connectivity index (χ0) is 22.9. The highest BCUT2D eigenvalue weighted by Crippen LogP contribution is 2.48. The molecule has 0 aromatic heterocycles. The molecule has 1 fully saturated rings. The molecule has 0 aliphatic heterocycles. The number of unbranched alkanes of at least 4 members (excludes halogenated alkanes) is 2. The number of carbonyl (C=O) groups is 1. The number of rotatable bonds is 14. The number of carboxylic acids is 1. The molecule has 2 aliphatic carbocycles. The van der Waals surface area contributed by atoms with Crippen LogP contribution < -0.4 is 10.5 Å². The first kappa shape index (κ1) is 25.0. The summed E-state index contributed by atoms with van der Waals surface area (Å²) in [7, 11) is 0. The van der Waals surface area contributed by atoms with E-state index in [1.165, 1.54) is 18.4 Å². The predicted molar refractivity (Wildman–Crippen MR) is 121 cm³/mol. The summed E-state index contributed by atoms with van der Waals surface area (Å²) in [5, 5.41) is 19.8. The number of ether oxygens (including phenoxy) is 1. The van der Waals surface area contributed by atoms with Crippen LogP contribution in [-0.4, -0.2) is 48.1 Å². The Kier molecular flexibility index (Phi) is 9.78. The Morgan fingerprint density at radius 3 is 2.84 bits per heavy atom. The van der Waals surface area contributed by atoms with Gasteiger partial charge in [0, 0.05) is 6.54 Å². The average molecular weight is 450 g/mol. The van der Waals surface area contributed by atoms with Crippen molar-refractivity contribution in [3.63, 3.8) is 0 Å². The standard InChI is InChI=1S/C25H39NO6/c1-2-3-4-7-19(32-31-12-11-26)9-10-20-21-13-17-6-5-8-24(30-16-25(28)29)22(17)14-18(21)15-23(20)27/h5-6,8,18-21,23,27H,2-4,7,9-16,26H2,1H3,(H,28,29). The van der Waals surface area contributed by atoms with Gasteiger partial charge in [0.15, 0.2) is 6.61 Å². The Balaban J connectivity index is 1.62. The quantitative estimate of drug-likeness (QED) is 0.226. The normalized spacial score (nSPS) is 25.2. The molecule has 1 aromatic rings. The van der Waals surface area contributed by atoms with Crippen molar-refractivity contribution < 1.29 is 29.5 Å². The van der Waals surface area contributed by atoms with E-state index in [2.05, 4.69) is 13.0 Å². The van der Waals surface area contributed by atoms with Gasteiger partial charge in [-0.15, -0.1) is 0 Å². The molecule has 0 heterocycles. The third kappa shape index (κ3) is 6.67. The van der Waals surface area contributed by atoms with Crippen LogP contribution in [0.3, 0.4) is 0 Å². The number of nitrogens with two attached hydrogens (primary N) is 1. The molecule has 32 heavy (non-hydrogen) atoms. The van der Waals surface area contributed by atoms with Gasteiger partial charge >= 0.3 is 5.97 Å². The minimum atomic E-state index is -0.973. The molecule has 3 rings (SSSR count). The van der Waals surface area contributed by atoms with Crippen molar-refractivity contribution in [1.29, 1.82) is 0 Å². The van der Waals surface area contributed by atoms with Crippen molar-refractivity contribution in [3.05, 3.63) is 29.3 Å². The van der Waals surface area contributed by atoms with Gasteiger partial charge in [-0.2, -0.15) is 0 Å². The topological polar surface area (TPSA) is 111 Å². The fourth-order valence-electron chi connectivity index (χ4n) is 5.51. The van der Waals surface area contributed by atoms with E-state index in [9.17, 15) is 9.90 Å². The summed E-state index contributed by atoms with van der Waals surface area (Å²) < 4.78 is 5.54. The summed E-state index contributed by atoms with van der Waals surface area (Å²) in [5.74, 6) is 0.753. The molecule has 5 atom stereocenters. The summed E-state index contributed by atoms with van der Waals surface area (Å²) in [5.41, 5.74) is 7.84. The third-order valence-electron chi connectivity index (χ3n) is 7.05. The van der Waals surface area contributed by atoms with Crippen molar-refractivity contribution in [2.45, 2.75) is 76.9 Å². The molecule has 0 spiro atoms. The zero-order valence-electron chi connectivity index (χ0n) is 19.2. The zero-order valence-corrected chi connectivity index (χ0v) is 19.2. The number of carboxylic acid groups (broad SMARTS) is 1. The smallest absolute Gasteiger partial charge is 0.341 e. The molecular weight excluding hydrogens is 410 g/mol. The maximum atomic E-state index is 10.9. The van der Waals surface area contributed by atoms with E-state index in [0.29, 0.717) is 30.7 Å². The summed E-state index contributed by atoms with van der Waals surface area (Å²) in [6.45, 7) is 2.69. The van der Waals surface area contributed by atoms with Gasteiger partial charge in [0.2, 0.25) is 0 Å².